The lowest BCUT2D eigenvalue weighted by Gasteiger charge is -2.02. The average molecular weight is 258 g/mol. The lowest BCUT2D eigenvalue weighted by atomic mass is 10.1. The van der Waals surface area contributed by atoms with E-state index >= 15 is 0 Å². The van der Waals surface area contributed by atoms with E-state index in [1.165, 1.54) is 11.3 Å². The highest BCUT2D eigenvalue weighted by atomic mass is 32.1. The van der Waals surface area contributed by atoms with Gasteiger partial charge in [-0.1, -0.05) is 12.1 Å². The third-order valence-corrected chi connectivity index (χ3v) is 3.19. The molecule has 0 radical (unpaired) electrons. The zero-order valence-electron chi connectivity index (χ0n) is 9.71. The normalized spacial score (nSPS) is 9.78. The Bertz CT molecular complexity index is 596. The summed E-state index contributed by atoms with van der Waals surface area (Å²) in [5.41, 5.74) is 3.38. The molecule has 5 heteroatoms. The summed E-state index contributed by atoms with van der Waals surface area (Å²) in [4.78, 5) is 16.5. The van der Waals surface area contributed by atoms with Gasteiger partial charge in [-0.05, 0) is 24.6 Å². The van der Waals surface area contributed by atoms with Crippen LogP contribution in [0.2, 0.25) is 0 Å². The van der Waals surface area contributed by atoms with Crippen molar-refractivity contribution in [1.82, 2.24) is 4.98 Å². The Morgan fingerprint density at radius 3 is 2.78 bits per heavy atom. The van der Waals surface area contributed by atoms with Gasteiger partial charge in [0, 0.05) is 0 Å². The number of thiazole rings is 1. The van der Waals surface area contributed by atoms with Crippen LogP contribution in [0.5, 0.6) is 0 Å². The maximum absolute atomic E-state index is 11.7. The second kappa shape index (κ2) is 5.43. The fraction of sp³-hybridized carbons (Fsp3) is 0.154. The predicted octanol–water partition coefficient (Wildman–Crippen LogP) is 2.86. The standard InChI is InChI=1S/C13H10N2O2S/c1-2-17-13(16)11-12(18-8-15-11)10-5-3-9(7-14)4-6-10/h3-6,8H,2H2,1H3. The molecule has 0 aliphatic carbocycles. The van der Waals surface area contributed by atoms with E-state index < -0.39 is 5.97 Å². The van der Waals surface area contributed by atoms with Gasteiger partial charge in [0.1, 0.15) is 0 Å². The molecule has 0 aliphatic rings. The zero-order chi connectivity index (χ0) is 13.0. The van der Waals surface area contributed by atoms with Crippen LogP contribution in [0.4, 0.5) is 0 Å². The Morgan fingerprint density at radius 2 is 2.17 bits per heavy atom. The van der Waals surface area contributed by atoms with E-state index in [0.717, 1.165) is 10.4 Å². The van der Waals surface area contributed by atoms with Crippen molar-refractivity contribution in [3.05, 3.63) is 41.0 Å². The van der Waals surface area contributed by atoms with Crippen LogP contribution >= 0.6 is 11.3 Å². The number of carbonyl (C=O) groups excluding carboxylic acids is 1. The van der Waals surface area contributed by atoms with Crippen molar-refractivity contribution in [3.63, 3.8) is 0 Å². The highest BCUT2D eigenvalue weighted by Gasteiger charge is 2.17. The minimum Gasteiger partial charge on any atom is -0.461 e. The summed E-state index contributed by atoms with van der Waals surface area (Å²) in [5, 5.41) is 8.74. The number of nitriles is 1. The highest BCUT2D eigenvalue weighted by molar-refractivity contribution is 7.13. The third-order valence-electron chi connectivity index (χ3n) is 2.31. The van der Waals surface area contributed by atoms with E-state index in [0.29, 0.717) is 17.9 Å². The van der Waals surface area contributed by atoms with Gasteiger partial charge in [0.2, 0.25) is 0 Å². The van der Waals surface area contributed by atoms with Gasteiger partial charge in [0.05, 0.1) is 28.6 Å². The number of aromatic nitrogens is 1. The number of hydrogen-bond acceptors (Lipinski definition) is 5. The van der Waals surface area contributed by atoms with E-state index in [-0.39, 0.29) is 0 Å². The van der Waals surface area contributed by atoms with Crippen molar-refractivity contribution in [2.45, 2.75) is 6.92 Å². The molecule has 1 aromatic carbocycles. The van der Waals surface area contributed by atoms with Crippen LogP contribution in [0.15, 0.2) is 29.8 Å². The summed E-state index contributed by atoms with van der Waals surface area (Å²) in [6.07, 6.45) is 0. The number of hydrogen-bond donors (Lipinski definition) is 0. The van der Waals surface area contributed by atoms with E-state index in [4.69, 9.17) is 10.00 Å². The fourth-order valence-corrected chi connectivity index (χ4v) is 2.28. The number of nitrogens with zero attached hydrogens (tertiary/aromatic N) is 2. The third kappa shape index (κ3) is 2.39. The van der Waals surface area contributed by atoms with Gasteiger partial charge >= 0.3 is 5.97 Å². The molecule has 0 fully saturated rings. The summed E-state index contributed by atoms with van der Waals surface area (Å²) >= 11 is 1.38. The molecule has 0 spiro atoms. The molecule has 2 rings (SSSR count). The molecule has 0 atom stereocenters. The van der Waals surface area contributed by atoms with Gasteiger partial charge in [0.15, 0.2) is 5.69 Å². The van der Waals surface area contributed by atoms with Crippen LogP contribution in [0.3, 0.4) is 0 Å². The number of carbonyl (C=O) groups is 1. The topological polar surface area (TPSA) is 63.0 Å². The Balaban J connectivity index is 2.36. The first-order valence-electron chi connectivity index (χ1n) is 5.37. The van der Waals surface area contributed by atoms with Crippen LogP contribution in [-0.4, -0.2) is 17.6 Å². The molecule has 2 aromatic rings. The molecule has 1 aromatic heterocycles. The Labute approximate surface area is 108 Å². The fourth-order valence-electron chi connectivity index (χ4n) is 1.49. The number of benzene rings is 1. The molecule has 1 heterocycles. The Kier molecular flexibility index (Phi) is 3.70. The first-order valence-corrected chi connectivity index (χ1v) is 6.25. The maximum atomic E-state index is 11.7. The smallest absolute Gasteiger partial charge is 0.358 e. The Morgan fingerprint density at radius 1 is 1.44 bits per heavy atom. The maximum Gasteiger partial charge on any atom is 0.358 e. The molecule has 0 unspecified atom stereocenters. The van der Waals surface area contributed by atoms with Crippen molar-refractivity contribution in [2.24, 2.45) is 0 Å². The highest BCUT2D eigenvalue weighted by Crippen LogP contribution is 2.28. The summed E-state index contributed by atoms with van der Waals surface area (Å²) < 4.78 is 4.95. The quantitative estimate of drug-likeness (QED) is 0.794. The van der Waals surface area contributed by atoms with Crippen molar-refractivity contribution < 1.29 is 9.53 Å². The molecule has 4 nitrogen and oxygen atoms in total. The zero-order valence-corrected chi connectivity index (χ0v) is 10.5. The monoisotopic (exact) mass is 258 g/mol. The predicted molar refractivity (Wildman–Crippen MR) is 68.2 cm³/mol. The van der Waals surface area contributed by atoms with E-state index in [9.17, 15) is 4.79 Å². The molecule has 90 valence electrons. The van der Waals surface area contributed by atoms with Gasteiger partial charge in [-0.3, -0.25) is 0 Å². The summed E-state index contributed by atoms with van der Waals surface area (Å²) in [6, 6.07) is 9.08. The first-order chi connectivity index (χ1) is 8.76. The van der Waals surface area contributed by atoms with Crippen LogP contribution in [-0.2, 0) is 4.74 Å². The largest absolute Gasteiger partial charge is 0.461 e. The molecule has 18 heavy (non-hydrogen) atoms. The van der Waals surface area contributed by atoms with Crippen LogP contribution in [0, 0.1) is 11.3 Å². The van der Waals surface area contributed by atoms with Gasteiger partial charge in [0.25, 0.3) is 0 Å². The van der Waals surface area contributed by atoms with E-state index in [2.05, 4.69) is 11.1 Å². The van der Waals surface area contributed by atoms with Gasteiger partial charge in [-0.15, -0.1) is 11.3 Å². The van der Waals surface area contributed by atoms with Crippen molar-refractivity contribution in [3.8, 4) is 16.5 Å². The molecule has 0 aliphatic heterocycles. The first kappa shape index (κ1) is 12.3. The SMILES string of the molecule is CCOC(=O)c1ncsc1-c1ccc(C#N)cc1. The molecule has 0 amide bonds. The van der Waals surface area contributed by atoms with Crippen LogP contribution in [0.25, 0.3) is 10.4 Å². The van der Waals surface area contributed by atoms with Crippen molar-refractivity contribution in [1.29, 1.82) is 5.26 Å². The average Bonchev–Trinajstić information content (AvgIpc) is 2.88. The second-order valence-corrected chi connectivity index (χ2v) is 4.29. The minimum atomic E-state index is -0.418. The van der Waals surface area contributed by atoms with Gasteiger partial charge in [-0.2, -0.15) is 5.26 Å². The lowest BCUT2D eigenvalue weighted by molar-refractivity contribution is 0.0521. The van der Waals surface area contributed by atoms with Crippen molar-refractivity contribution in [2.75, 3.05) is 6.61 Å². The molecule has 0 saturated carbocycles. The molecular weight excluding hydrogens is 248 g/mol. The second-order valence-electron chi connectivity index (χ2n) is 3.44. The summed E-state index contributed by atoms with van der Waals surface area (Å²) in [5.74, 6) is -0.418. The molecule has 0 saturated heterocycles. The van der Waals surface area contributed by atoms with Gasteiger partial charge < -0.3 is 4.74 Å². The van der Waals surface area contributed by atoms with E-state index in [1.807, 2.05) is 0 Å². The summed E-state index contributed by atoms with van der Waals surface area (Å²) in [6.45, 7) is 2.08. The summed E-state index contributed by atoms with van der Waals surface area (Å²) in [7, 11) is 0. The Hall–Kier alpha value is -2.19. The number of esters is 1. The number of ether oxygens (including phenoxy) is 1. The van der Waals surface area contributed by atoms with Crippen LogP contribution < -0.4 is 0 Å². The minimum absolute atomic E-state index is 0.323. The van der Waals surface area contributed by atoms with Gasteiger partial charge in [-0.25, -0.2) is 9.78 Å². The lowest BCUT2D eigenvalue weighted by Crippen LogP contribution is -2.06. The van der Waals surface area contributed by atoms with Crippen LogP contribution in [0.1, 0.15) is 23.0 Å². The van der Waals surface area contributed by atoms with Crippen molar-refractivity contribution >= 4 is 17.3 Å². The van der Waals surface area contributed by atoms with E-state index in [1.54, 1.807) is 36.7 Å². The molecule has 0 N–H and O–H groups in total. The molecule has 0 bridgehead atoms. The molecular formula is C13H10N2O2S. The number of rotatable bonds is 3.